The van der Waals surface area contributed by atoms with E-state index < -0.39 is 9.84 Å². The van der Waals surface area contributed by atoms with E-state index in [-0.39, 0.29) is 29.9 Å². The Morgan fingerprint density at radius 1 is 1.33 bits per heavy atom. The zero-order valence-corrected chi connectivity index (χ0v) is 8.87. The molecule has 0 saturated carbocycles. The van der Waals surface area contributed by atoms with E-state index in [1.165, 1.54) is 11.0 Å². The highest BCUT2D eigenvalue weighted by molar-refractivity contribution is 7.94. The van der Waals surface area contributed by atoms with Crippen LogP contribution in [-0.4, -0.2) is 43.3 Å². The molecule has 1 atom stereocenters. The van der Waals surface area contributed by atoms with E-state index in [1.807, 2.05) is 0 Å². The third-order valence-electron chi connectivity index (χ3n) is 2.61. The van der Waals surface area contributed by atoms with Crippen molar-refractivity contribution in [2.75, 3.05) is 12.3 Å². The minimum atomic E-state index is -3.14. The van der Waals surface area contributed by atoms with Gasteiger partial charge in [-0.3, -0.25) is 9.59 Å². The maximum atomic E-state index is 11.5. The van der Waals surface area contributed by atoms with E-state index in [0.29, 0.717) is 13.0 Å². The van der Waals surface area contributed by atoms with Crippen LogP contribution >= 0.6 is 0 Å². The van der Waals surface area contributed by atoms with Gasteiger partial charge in [0.15, 0.2) is 9.84 Å². The number of hydrogen-bond donors (Lipinski definition) is 0. The molecule has 6 heteroatoms. The van der Waals surface area contributed by atoms with Crippen molar-refractivity contribution in [3.8, 4) is 0 Å². The molecule has 2 aliphatic rings. The highest BCUT2D eigenvalue weighted by Gasteiger charge is 2.33. The summed E-state index contributed by atoms with van der Waals surface area (Å²) in [5.41, 5.74) is 0. The molecule has 15 heavy (non-hydrogen) atoms. The normalized spacial score (nSPS) is 29.9. The number of sulfone groups is 1. The standard InChI is InChI=1S/C9H11NO4S/c11-8-1-3-10(9(12)5-8)7-2-4-15(13,14)6-7/h2,4,7H,1,3,5-6H2. The van der Waals surface area contributed by atoms with Crippen LogP contribution in [0.1, 0.15) is 12.8 Å². The van der Waals surface area contributed by atoms with Crippen LogP contribution in [0.4, 0.5) is 0 Å². The molecule has 0 aromatic carbocycles. The summed E-state index contributed by atoms with van der Waals surface area (Å²) in [5.74, 6) is -0.383. The lowest BCUT2D eigenvalue weighted by Gasteiger charge is -2.30. The van der Waals surface area contributed by atoms with Crippen molar-refractivity contribution >= 4 is 21.5 Å². The Bertz CT molecular complexity index is 437. The predicted molar refractivity (Wildman–Crippen MR) is 52.7 cm³/mol. The van der Waals surface area contributed by atoms with Crippen molar-refractivity contribution in [3.63, 3.8) is 0 Å². The summed E-state index contributed by atoms with van der Waals surface area (Å²) in [6.45, 7) is 0.336. The molecular formula is C9H11NO4S. The van der Waals surface area contributed by atoms with Gasteiger partial charge in [0.25, 0.3) is 0 Å². The average molecular weight is 229 g/mol. The first-order valence-corrected chi connectivity index (χ1v) is 6.41. The number of nitrogens with zero attached hydrogens (tertiary/aromatic N) is 1. The SMILES string of the molecule is O=C1CCN(C2C=CS(=O)(=O)C2)C(=O)C1. The van der Waals surface area contributed by atoms with Crippen molar-refractivity contribution in [3.05, 3.63) is 11.5 Å². The number of hydrogen-bond acceptors (Lipinski definition) is 4. The Morgan fingerprint density at radius 3 is 2.60 bits per heavy atom. The second-order valence-corrected chi connectivity index (χ2v) is 5.71. The van der Waals surface area contributed by atoms with E-state index in [4.69, 9.17) is 0 Å². The molecule has 5 nitrogen and oxygen atoms in total. The molecule has 2 rings (SSSR count). The monoisotopic (exact) mass is 229 g/mol. The molecule has 1 unspecified atom stereocenters. The second kappa shape index (κ2) is 3.44. The highest BCUT2D eigenvalue weighted by Crippen LogP contribution is 2.18. The van der Waals surface area contributed by atoms with Crippen molar-refractivity contribution in [2.24, 2.45) is 0 Å². The number of carbonyl (C=O) groups is 2. The first kappa shape index (κ1) is 10.4. The molecular weight excluding hydrogens is 218 g/mol. The van der Waals surface area contributed by atoms with Gasteiger partial charge in [0.1, 0.15) is 5.78 Å². The summed E-state index contributed by atoms with van der Waals surface area (Å²) in [7, 11) is -3.14. The van der Waals surface area contributed by atoms with E-state index in [9.17, 15) is 18.0 Å². The Kier molecular flexibility index (Phi) is 2.38. The van der Waals surface area contributed by atoms with Gasteiger partial charge in [-0.25, -0.2) is 8.42 Å². The van der Waals surface area contributed by atoms with Gasteiger partial charge in [0.05, 0.1) is 18.2 Å². The number of rotatable bonds is 1. The number of piperidine rings is 1. The molecule has 0 bridgehead atoms. The van der Waals surface area contributed by atoms with Gasteiger partial charge < -0.3 is 4.90 Å². The van der Waals surface area contributed by atoms with Gasteiger partial charge in [-0.1, -0.05) is 0 Å². The average Bonchev–Trinajstić information content (AvgIpc) is 2.46. The minimum absolute atomic E-state index is 0.0487. The third kappa shape index (κ3) is 2.09. The van der Waals surface area contributed by atoms with Gasteiger partial charge in [0, 0.05) is 18.4 Å². The first-order valence-electron chi connectivity index (χ1n) is 4.70. The van der Waals surface area contributed by atoms with Crippen LogP contribution < -0.4 is 0 Å². The lowest BCUT2D eigenvalue weighted by Crippen LogP contribution is -2.46. The molecule has 1 amide bonds. The molecule has 2 aliphatic heterocycles. The topological polar surface area (TPSA) is 71.5 Å². The van der Waals surface area contributed by atoms with Crippen LogP contribution in [0.3, 0.4) is 0 Å². The van der Waals surface area contributed by atoms with Gasteiger partial charge in [0.2, 0.25) is 5.91 Å². The Balaban J connectivity index is 2.10. The Labute approximate surface area is 87.7 Å². The van der Waals surface area contributed by atoms with E-state index >= 15 is 0 Å². The maximum Gasteiger partial charge on any atom is 0.230 e. The fourth-order valence-corrected chi connectivity index (χ4v) is 3.13. The van der Waals surface area contributed by atoms with E-state index in [0.717, 1.165) is 5.41 Å². The van der Waals surface area contributed by atoms with Crippen LogP contribution in [0.25, 0.3) is 0 Å². The highest BCUT2D eigenvalue weighted by atomic mass is 32.2. The lowest BCUT2D eigenvalue weighted by molar-refractivity contribution is -0.140. The maximum absolute atomic E-state index is 11.5. The van der Waals surface area contributed by atoms with Gasteiger partial charge in [-0.05, 0) is 6.08 Å². The van der Waals surface area contributed by atoms with Crippen molar-refractivity contribution in [1.29, 1.82) is 0 Å². The molecule has 0 aromatic rings. The Hall–Kier alpha value is -1.17. The summed E-state index contributed by atoms with van der Waals surface area (Å²) >= 11 is 0. The Morgan fingerprint density at radius 2 is 2.07 bits per heavy atom. The molecule has 0 radical (unpaired) electrons. The fourth-order valence-electron chi connectivity index (χ4n) is 1.83. The minimum Gasteiger partial charge on any atom is -0.334 e. The molecule has 2 heterocycles. The number of amides is 1. The number of likely N-dealkylation sites (tertiary alicyclic amines) is 1. The van der Waals surface area contributed by atoms with Crippen LogP contribution in [0, 0.1) is 0 Å². The molecule has 0 spiro atoms. The molecule has 0 aromatic heterocycles. The first-order chi connectivity index (χ1) is 6.98. The molecule has 1 saturated heterocycles. The van der Waals surface area contributed by atoms with Crippen LogP contribution in [0.2, 0.25) is 0 Å². The van der Waals surface area contributed by atoms with Crippen molar-refractivity contribution < 1.29 is 18.0 Å². The van der Waals surface area contributed by atoms with Gasteiger partial charge in [-0.2, -0.15) is 0 Å². The number of Topliss-reactive ketones (excluding diaryl/α,β-unsaturated/α-hetero) is 1. The van der Waals surface area contributed by atoms with Gasteiger partial charge in [-0.15, -0.1) is 0 Å². The summed E-state index contributed by atoms with van der Waals surface area (Å²) in [6.07, 6.45) is 1.75. The molecule has 82 valence electrons. The van der Waals surface area contributed by atoms with E-state index in [2.05, 4.69) is 0 Å². The number of ketones is 1. The fraction of sp³-hybridized carbons (Fsp3) is 0.556. The number of carbonyl (C=O) groups excluding carboxylic acids is 2. The summed E-state index contributed by atoms with van der Waals surface area (Å²) in [6, 6.07) is -0.379. The zero-order chi connectivity index (χ0) is 11.1. The molecule has 0 N–H and O–H groups in total. The van der Waals surface area contributed by atoms with Crippen molar-refractivity contribution in [1.82, 2.24) is 4.90 Å². The predicted octanol–water partition coefficient (Wildman–Crippen LogP) is -0.511. The van der Waals surface area contributed by atoms with Crippen molar-refractivity contribution in [2.45, 2.75) is 18.9 Å². The zero-order valence-electron chi connectivity index (χ0n) is 8.05. The smallest absolute Gasteiger partial charge is 0.230 e. The molecule has 1 fully saturated rings. The summed E-state index contributed by atoms with van der Waals surface area (Å²) in [5, 5.41) is 1.14. The van der Waals surface area contributed by atoms with Crippen LogP contribution in [0.5, 0.6) is 0 Å². The lowest BCUT2D eigenvalue weighted by atomic mass is 10.1. The summed E-state index contributed by atoms with van der Waals surface area (Å²) < 4.78 is 22.3. The largest absolute Gasteiger partial charge is 0.334 e. The van der Waals surface area contributed by atoms with Gasteiger partial charge >= 0.3 is 0 Å². The summed E-state index contributed by atoms with van der Waals surface area (Å²) in [4.78, 5) is 23.9. The van der Waals surface area contributed by atoms with E-state index in [1.54, 1.807) is 0 Å². The van der Waals surface area contributed by atoms with Crippen LogP contribution in [0.15, 0.2) is 11.5 Å². The molecule has 0 aliphatic carbocycles. The third-order valence-corrected chi connectivity index (χ3v) is 3.99. The quantitative estimate of drug-likeness (QED) is 0.568. The second-order valence-electron chi connectivity index (χ2n) is 3.78. The van der Waals surface area contributed by atoms with Crippen LogP contribution in [-0.2, 0) is 19.4 Å².